The fraction of sp³-hybridized carbons (Fsp3) is 0.929. The molecule has 1 aliphatic rings. The SMILES string of the molecule is CCC1CCCC(N(CC)CC(C)C(N)=NO)C1. The zero-order valence-electron chi connectivity index (χ0n) is 12.1. The summed E-state index contributed by atoms with van der Waals surface area (Å²) >= 11 is 0. The summed E-state index contributed by atoms with van der Waals surface area (Å²) in [7, 11) is 0. The van der Waals surface area contributed by atoms with Crippen molar-refractivity contribution >= 4 is 5.84 Å². The number of hydrogen-bond donors (Lipinski definition) is 2. The molecule has 4 nitrogen and oxygen atoms in total. The van der Waals surface area contributed by atoms with Gasteiger partial charge in [-0.15, -0.1) is 0 Å². The molecule has 3 unspecified atom stereocenters. The first-order chi connectivity index (χ1) is 8.62. The molecule has 0 heterocycles. The van der Waals surface area contributed by atoms with Gasteiger partial charge in [-0.3, -0.25) is 4.90 Å². The van der Waals surface area contributed by atoms with Crippen LogP contribution in [0.3, 0.4) is 0 Å². The fourth-order valence-corrected chi connectivity index (χ4v) is 3.05. The van der Waals surface area contributed by atoms with Gasteiger partial charge in [0.15, 0.2) is 0 Å². The van der Waals surface area contributed by atoms with Crippen molar-refractivity contribution in [2.24, 2.45) is 22.7 Å². The zero-order valence-corrected chi connectivity index (χ0v) is 12.1. The van der Waals surface area contributed by atoms with Gasteiger partial charge in [0.05, 0.1) is 0 Å². The van der Waals surface area contributed by atoms with E-state index in [-0.39, 0.29) is 5.92 Å². The second-order valence-electron chi connectivity index (χ2n) is 5.61. The first-order valence-electron chi connectivity index (χ1n) is 7.33. The monoisotopic (exact) mass is 255 g/mol. The van der Waals surface area contributed by atoms with Crippen molar-refractivity contribution in [2.75, 3.05) is 13.1 Å². The van der Waals surface area contributed by atoms with Crippen molar-refractivity contribution in [1.82, 2.24) is 4.90 Å². The number of nitrogens with zero attached hydrogens (tertiary/aromatic N) is 2. The van der Waals surface area contributed by atoms with Gasteiger partial charge in [0, 0.05) is 18.5 Å². The topological polar surface area (TPSA) is 61.8 Å². The summed E-state index contributed by atoms with van der Waals surface area (Å²) in [5, 5.41) is 11.8. The van der Waals surface area contributed by atoms with Crippen molar-refractivity contribution < 1.29 is 5.21 Å². The van der Waals surface area contributed by atoms with E-state index in [0.29, 0.717) is 11.9 Å². The van der Waals surface area contributed by atoms with Crippen molar-refractivity contribution in [3.05, 3.63) is 0 Å². The molecule has 1 aliphatic carbocycles. The van der Waals surface area contributed by atoms with E-state index >= 15 is 0 Å². The first-order valence-corrected chi connectivity index (χ1v) is 7.33. The third kappa shape index (κ3) is 4.16. The zero-order chi connectivity index (χ0) is 13.5. The molecule has 0 aliphatic heterocycles. The summed E-state index contributed by atoms with van der Waals surface area (Å²) in [6.45, 7) is 8.46. The molecular weight excluding hydrogens is 226 g/mol. The molecule has 0 saturated heterocycles. The molecule has 1 rings (SSSR count). The molecule has 0 spiro atoms. The van der Waals surface area contributed by atoms with Gasteiger partial charge in [-0.25, -0.2) is 0 Å². The standard InChI is InChI=1S/C14H29N3O/c1-4-12-7-6-8-13(9-12)17(5-2)10-11(3)14(15)16-18/h11-13,18H,4-10H2,1-3H3,(H2,15,16). The maximum absolute atomic E-state index is 8.73. The van der Waals surface area contributed by atoms with Crippen LogP contribution in [0.2, 0.25) is 0 Å². The molecule has 0 bridgehead atoms. The van der Waals surface area contributed by atoms with Crippen LogP contribution in [0.4, 0.5) is 0 Å². The van der Waals surface area contributed by atoms with Crippen LogP contribution in [0.5, 0.6) is 0 Å². The van der Waals surface area contributed by atoms with Crippen LogP contribution in [0.1, 0.15) is 52.9 Å². The second-order valence-corrected chi connectivity index (χ2v) is 5.61. The Hall–Kier alpha value is -0.770. The first kappa shape index (κ1) is 15.3. The van der Waals surface area contributed by atoms with Gasteiger partial charge in [-0.1, -0.05) is 45.2 Å². The third-order valence-electron chi connectivity index (χ3n) is 4.38. The average Bonchev–Trinajstić information content (AvgIpc) is 2.43. The van der Waals surface area contributed by atoms with E-state index in [1.165, 1.54) is 32.1 Å². The highest BCUT2D eigenvalue weighted by atomic mass is 16.4. The van der Waals surface area contributed by atoms with Gasteiger partial charge in [-0.05, 0) is 25.3 Å². The predicted molar refractivity (Wildman–Crippen MR) is 75.9 cm³/mol. The van der Waals surface area contributed by atoms with Crippen LogP contribution in [0.15, 0.2) is 5.16 Å². The second kappa shape index (κ2) is 7.62. The van der Waals surface area contributed by atoms with Crippen molar-refractivity contribution in [1.29, 1.82) is 0 Å². The lowest BCUT2D eigenvalue weighted by molar-refractivity contribution is 0.126. The van der Waals surface area contributed by atoms with Gasteiger partial charge < -0.3 is 10.9 Å². The highest BCUT2D eigenvalue weighted by Crippen LogP contribution is 2.30. The minimum Gasteiger partial charge on any atom is -0.409 e. The van der Waals surface area contributed by atoms with E-state index in [2.05, 4.69) is 23.9 Å². The number of nitrogens with two attached hydrogens (primary N) is 1. The largest absolute Gasteiger partial charge is 0.409 e. The van der Waals surface area contributed by atoms with E-state index in [0.717, 1.165) is 19.0 Å². The van der Waals surface area contributed by atoms with Crippen LogP contribution in [-0.2, 0) is 0 Å². The Kier molecular flexibility index (Phi) is 6.47. The lowest BCUT2D eigenvalue weighted by Gasteiger charge is -2.38. The number of amidine groups is 1. The smallest absolute Gasteiger partial charge is 0.143 e. The normalized spacial score (nSPS) is 27.4. The summed E-state index contributed by atoms with van der Waals surface area (Å²) in [5.41, 5.74) is 5.68. The Balaban J connectivity index is 2.54. The molecule has 1 fully saturated rings. The van der Waals surface area contributed by atoms with E-state index in [9.17, 15) is 0 Å². The fourth-order valence-electron chi connectivity index (χ4n) is 3.05. The molecule has 3 N–H and O–H groups in total. The Morgan fingerprint density at radius 2 is 2.17 bits per heavy atom. The molecule has 0 amide bonds. The number of hydrogen-bond acceptors (Lipinski definition) is 3. The summed E-state index contributed by atoms with van der Waals surface area (Å²) < 4.78 is 0. The molecule has 106 valence electrons. The van der Waals surface area contributed by atoms with Gasteiger partial charge >= 0.3 is 0 Å². The number of rotatable bonds is 6. The van der Waals surface area contributed by atoms with Crippen LogP contribution in [0, 0.1) is 11.8 Å². The van der Waals surface area contributed by atoms with Gasteiger partial charge in [0.1, 0.15) is 5.84 Å². The quantitative estimate of drug-likeness (QED) is 0.332. The van der Waals surface area contributed by atoms with Crippen molar-refractivity contribution in [2.45, 2.75) is 58.9 Å². The van der Waals surface area contributed by atoms with Crippen molar-refractivity contribution in [3.8, 4) is 0 Å². The maximum atomic E-state index is 8.73. The molecule has 1 saturated carbocycles. The Morgan fingerprint density at radius 3 is 2.72 bits per heavy atom. The molecular formula is C14H29N3O. The molecule has 0 radical (unpaired) electrons. The predicted octanol–water partition coefficient (Wildman–Crippen LogP) is 2.66. The van der Waals surface area contributed by atoms with Gasteiger partial charge in [0.2, 0.25) is 0 Å². The number of oxime groups is 1. The highest BCUT2D eigenvalue weighted by molar-refractivity contribution is 5.82. The lowest BCUT2D eigenvalue weighted by Crippen LogP contribution is -2.43. The van der Waals surface area contributed by atoms with Crippen LogP contribution < -0.4 is 5.73 Å². The Bertz CT molecular complexity index is 268. The molecule has 4 heteroatoms. The van der Waals surface area contributed by atoms with Gasteiger partial charge in [0.25, 0.3) is 0 Å². The third-order valence-corrected chi connectivity index (χ3v) is 4.38. The summed E-state index contributed by atoms with van der Waals surface area (Å²) in [4.78, 5) is 2.50. The van der Waals surface area contributed by atoms with Crippen LogP contribution >= 0.6 is 0 Å². The molecule has 0 aromatic rings. The highest BCUT2D eigenvalue weighted by Gasteiger charge is 2.26. The Morgan fingerprint density at radius 1 is 1.44 bits per heavy atom. The van der Waals surface area contributed by atoms with Crippen molar-refractivity contribution in [3.63, 3.8) is 0 Å². The van der Waals surface area contributed by atoms with E-state index in [4.69, 9.17) is 10.9 Å². The molecule has 18 heavy (non-hydrogen) atoms. The molecule has 0 aromatic carbocycles. The minimum absolute atomic E-state index is 0.122. The summed E-state index contributed by atoms with van der Waals surface area (Å²) in [6.07, 6.45) is 6.64. The molecule has 0 aromatic heterocycles. The average molecular weight is 255 g/mol. The lowest BCUT2D eigenvalue weighted by atomic mass is 9.83. The Labute approximate surface area is 111 Å². The van der Waals surface area contributed by atoms with Crippen LogP contribution in [-0.4, -0.2) is 35.1 Å². The maximum Gasteiger partial charge on any atom is 0.143 e. The summed E-state index contributed by atoms with van der Waals surface area (Å²) in [6, 6.07) is 0.683. The minimum atomic E-state index is 0.122. The van der Waals surface area contributed by atoms with E-state index in [1.54, 1.807) is 0 Å². The van der Waals surface area contributed by atoms with E-state index in [1.807, 2.05) is 6.92 Å². The molecule has 3 atom stereocenters. The van der Waals surface area contributed by atoms with E-state index < -0.39 is 0 Å². The van der Waals surface area contributed by atoms with Crippen LogP contribution in [0.25, 0.3) is 0 Å². The van der Waals surface area contributed by atoms with Gasteiger partial charge in [-0.2, -0.15) is 0 Å². The summed E-state index contributed by atoms with van der Waals surface area (Å²) in [5.74, 6) is 1.35.